The van der Waals surface area contributed by atoms with Crippen molar-refractivity contribution in [2.75, 3.05) is 0 Å². The van der Waals surface area contributed by atoms with Crippen molar-refractivity contribution in [2.45, 2.75) is 0 Å². The number of hydrogen-bond acceptors (Lipinski definition) is 6. The van der Waals surface area contributed by atoms with Crippen LogP contribution >= 0.6 is 23.6 Å². The first-order valence-electron chi connectivity index (χ1n) is 4.09. The molecule has 3 aromatic rings. The molecule has 3 rings (SSSR count). The van der Waals surface area contributed by atoms with E-state index >= 15 is 0 Å². The molecule has 0 atom stereocenters. The highest BCUT2D eigenvalue weighted by molar-refractivity contribution is 7.71. The zero-order valence-corrected chi connectivity index (χ0v) is 8.93. The molecular formula is C8H4N4OS2. The molecule has 3 aromatic heterocycles. The average molecular weight is 236 g/mol. The van der Waals surface area contributed by atoms with E-state index in [1.54, 1.807) is 11.3 Å². The fourth-order valence-corrected chi connectivity index (χ4v) is 2.56. The number of H-pyrrole nitrogens is 1. The fourth-order valence-electron chi connectivity index (χ4n) is 1.35. The molecule has 0 aliphatic rings. The van der Waals surface area contributed by atoms with E-state index in [4.69, 9.17) is 16.7 Å². The molecule has 0 aliphatic heterocycles. The summed E-state index contributed by atoms with van der Waals surface area (Å²) < 4.78 is 6.25. The Hall–Kier alpha value is -1.60. The highest BCUT2D eigenvalue weighted by Crippen LogP contribution is 2.29. The Balaban J connectivity index is 2.47. The van der Waals surface area contributed by atoms with Crippen LogP contribution in [-0.4, -0.2) is 20.6 Å². The third kappa shape index (κ3) is 1.28. The Morgan fingerprint density at radius 1 is 1.47 bits per heavy atom. The lowest BCUT2D eigenvalue weighted by molar-refractivity contribution is 0.393. The number of nitrogens with one attached hydrogen (secondary N) is 1. The van der Waals surface area contributed by atoms with Crippen LogP contribution in [0.4, 0.5) is 0 Å². The van der Waals surface area contributed by atoms with Crippen molar-refractivity contribution in [1.29, 1.82) is 0 Å². The highest BCUT2D eigenvalue weighted by Gasteiger charge is 2.11. The molecule has 0 amide bonds. The molecule has 15 heavy (non-hydrogen) atoms. The van der Waals surface area contributed by atoms with Crippen molar-refractivity contribution in [2.24, 2.45) is 0 Å². The smallest absolute Gasteiger partial charge is 0.152 e. The minimum Gasteiger partial charge on any atom is -0.345 e. The maximum atomic E-state index is 5.17. The molecule has 5 nitrogen and oxygen atoms in total. The van der Waals surface area contributed by atoms with E-state index in [0.717, 1.165) is 15.8 Å². The molecule has 0 saturated heterocycles. The molecule has 0 radical (unpaired) electrons. The van der Waals surface area contributed by atoms with Gasteiger partial charge in [0.15, 0.2) is 6.26 Å². The van der Waals surface area contributed by atoms with Gasteiger partial charge in [-0.05, 0) is 11.4 Å². The van der Waals surface area contributed by atoms with Gasteiger partial charge in [-0.3, -0.25) is 5.10 Å². The first-order chi connectivity index (χ1) is 7.36. The van der Waals surface area contributed by atoms with E-state index in [2.05, 4.69) is 20.6 Å². The summed E-state index contributed by atoms with van der Waals surface area (Å²) in [6.07, 6.45) is 1.47. The van der Waals surface area contributed by atoms with E-state index in [9.17, 15) is 0 Å². The van der Waals surface area contributed by atoms with Gasteiger partial charge in [0.1, 0.15) is 15.9 Å². The van der Waals surface area contributed by atoms with Crippen LogP contribution in [0.2, 0.25) is 0 Å². The molecule has 0 bridgehead atoms. The molecular weight excluding hydrogens is 232 g/mol. The van der Waals surface area contributed by atoms with E-state index in [1.165, 1.54) is 6.26 Å². The normalized spacial score (nSPS) is 10.9. The number of aromatic amines is 1. The average Bonchev–Trinajstić information content (AvgIpc) is 2.85. The SMILES string of the molecule is S=c1[nH]nc2ccsc2c1-c1conn1. The van der Waals surface area contributed by atoms with Crippen molar-refractivity contribution in [3.8, 4) is 11.3 Å². The number of nitrogens with zero attached hydrogens (tertiary/aromatic N) is 3. The molecule has 0 unspecified atom stereocenters. The van der Waals surface area contributed by atoms with Gasteiger partial charge in [0.25, 0.3) is 0 Å². The van der Waals surface area contributed by atoms with Crippen LogP contribution in [0, 0.1) is 4.64 Å². The molecule has 0 spiro atoms. The summed E-state index contributed by atoms with van der Waals surface area (Å²) >= 11 is 6.74. The summed E-state index contributed by atoms with van der Waals surface area (Å²) in [4.78, 5) is 0. The number of aromatic nitrogens is 4. The minimum absolute atomic E-state index is 0.542. The van der Waals surface area contributed by atoms with Gasteiger partial charge in [0.2, 0.25) is 0 Å². The standard InChI is InChI=1S/C8H4N4OS2/c14-8-6(5-3-13-12-10-5)7-4(9-11-8)1-2-15-7/h1-3H,(H,11,14). The predicted molar refractivity (Wildman–Crippen MR) is 58.1 cm³/mol. The molecule has 0 saturated carbocycles. The van der Waals surface area contributed by atoms with Gasteiger partial charge in [-0.15, -0.1) is 16.4 Å². The summed E-state index contributed by atoms with van der Waals surface area (Å²) in [6, 6.07) is 1.92. The maximum absolute atomic E-state index is 5.17. The van der Waals surface area contributed by atoms with Crippen LogP contribution in [-0.2, 0) is 0 Å². The lowest BCUT2D eigenvalue weighted by Crippen LogP contribution is -1.87. The third-order valence-corrected chi connectivity index (χ3v) is 3.21. The summed E-state index contributed by atoms with van der Waals surface area (Å²) in [7, 11) is 0. The first-order valence-corrected chi connectivity index (χ1v) is 5.38. The van der Waals surface area contributed by atoms with Gasteiger partial charge in [-0.2, -0.15) is 5.10 Å². The second-order valence-corrected chi connectivity index (χ2v) is 4.18. The molecule has 3 heterocycles. The lowest BCUT2D eigenvalue weighted by Gasteiger charge is -1.96. The summed E-state index contributed by atoms with van der Waals surface area (Å²) in [5, 5.41) is 16.1. The monoisotopic (exact) mass is 236 g/mol. The van der Waals surface area contributed by atoms with Crippen LogP contribution < -0.4 is 0 Å². The Labute approximate surface area is 92.7 Å². The van der Waals surface area contributed by atoms with Crippen molar-refractivity contribution < 1.29 is 4.52 Å². The topological polar surface area (TPSA) is 67.6 Å². The summed E-state index contributed by atoms with van der Waals surface area (Å²) in [5.74, 6) is 0. The van der Waals surface area contributed by atoms with Crippen LogP contribution in [0.15, 0.2) is 22.2 Å². The molecule has 74 valence electrons. The number of thiophene rings is 1. The van der Waals surface area contributed by atoms with Crippen LogP contribution in [0.1, 0.15) is 0 Å². The van der Waals surface area contributed by atoms with E-state index in [1.807, 2.05) is 11.4 Å². The van der Waals surface area contributed by atoms with E-state index < -0.39 is 0 Å². The van der Waals surface area contributed by atoms with Crippen molar-refractivity contribution >= 4 is 33.8 Å². The number of rotatable bonds is 1. The molecule has 0 aliphatic carbocycles. The summed E-state index contributed by atoms with van der Waals surface area (Å²) in [5.41, 5.74) is 2.32. The molecule has 1 N–H and O–H groups in total. The molecule has 0 aromatic carbocycles. The minimum atomic E-state index is 0.542. The van der Waals surface area contributed by atoms with Gasteiger partial charge in [-0.25, -0.2) is 0 Å². The van der Waals surface area contributed by atoms with Gasteiger partial charge >= 0.3 is 0 Å². The molecule has 0 fully saturated rings. The fraction of sp³-hybridized carbons (Fsp3) is 0. The van der Waals surface area contributed by atoms with Gasteiger partial charge in [0, 0.05) is 5.27 Å². The van der Waals surface area contributed by atoms with Crippen LogP contribution in [0.3, 0.4) is 0 Å². The second-order valence-electron chi connectivity index (χ2n) is 2.85. The lowest BCUT2D eigenvalue weighted by atomic mass is 10.2. The van der Waals surface area contributed by atoms with Gasteiger partial charge in [0.05, 0.1) is 10.3 Å². The first kappa shape index (κ1) is 8.69. The van der Waals surface area contributed by atoms with Crippen molar-refractivity contribution in [3.05, 3.63) is 22.4 Å². The molecule has 7 heteroatoms. The number of fused-ring (bicyclic) bond motifs is 1. The van der Waals surface area contributed by atoms with Gasteiger partial charge < -0.3 is 4.52 Å². The Morgan fingerprint density at radius 3 is 3.20 bits per heavy atom. The third-order valence-electron chi connectivity index (χ3n) is 1.99. The maximum Gasteiger partial charge on any atom is 0.152 e. The van der Waals surface area contributed by atoms with Crippen molar-refractivity contribution in [3.63, 3.8) is 0 Å². The highest BCUT2D eigenvalue weighted by atomic mass is 32.1. The van der Waals surface area contributed by atoms with Gasteiger partial charge in [-0.1, -0.05) is 12.2 Å². The largest absolute Gasteiger partial charge is 0.345 e. The zero-order valence-electron chi connectivity index (χ0n) is 7.30. The predicted octanol–water partition coefficient (Wildman–Crippen LogP) is 2.40. The zero-order chi connectivity index (χ0) is 10.3. The van der Waals surface area contributed by atoms with E-state index in [0.29, 0.717) is 10.3 Å². The number of hydrogen-bond donors (Lipinski definition) is 1. The van der Waals surface area contributed by atoms with Crippen LogP contribution in [0.5, 0.6) is 0 Å². The quantitative estimate of drug-likeness (QED) is 0.657. The van der Waals surface area contributed by atoms with Crippen LogP contribution in [0.25, 0.3) is 21.5 Å². The van der Waals surface area contributed by atoms with Crippen molar-refractivity contribution in [1.82, 2.24) is 20.6 Å². The second kappa shape index (κ2) is 3.21. The Morgan fingerprint density at radius 2 is 2.40 bits per heavy atom. The Bertz CT molecular complexity index is 655. The van der Waals surface area contributed by atoms with E-state index in [-0.39, 0.29) is 0 Å². The summed E-state index contributed by atoms with van der Waals surface area (Å²) in [6.45, 7) is 0. The Kier molecular flexibility index (Phi) is 1.86.